The van der Waals surface area contributed by atoms with E-state index in [9.17, 15) is 14.7 Å². The van der Waals surface area contributed by atoms with E-state index >= 15 is 0 Å². The molecular weight excluding hydrogens is 272 g/mol. The third kappa shape index (κ3) is 1.90. The number of likely N-dealkylation sites (N-methyl/N-ethyl adjacent to an activating group) is 1. The van der Waals surface area contributed by atoms with Gasteiger partial charge in [0.25, 0.3) is 5.91 Å². The maximum Gasteiger partial charge on any atom is 0.250 e. The first-order chi connectivity index (χ1) is 9.99. The number of hydrogen-bond acceptors (Lipinski definition) is 4. The van der Waals surface area contributed by atoms with Gasteiger partial charge in [-0.15, -0.1) is 0 Å². The lowest BCUT2D eigenvalue weighted by Gasteiger charge is -2.29. The van der Waals surface area contributed by atoms with Crippen LogP contribution in [0.15, 0.2) is 24.3 Å². The number of aliphatic hydroxyl groups excluding tert-OH is 1. The van der Waals surface area contributed by atoms with Crippen LogP contribution in [0, 0.1) is 0 Å². The van der Waals surface area contributed by atoms with Crippen LogP contribution in [-0.4, -0.2) is 47.7 Å². The van der Waals surface area contributed by atoms with E-state index < -0.39 is 17.7 Å². The quantitative estimate of drug-likeness (QED) is 0.816. The van der Waals surface area contributed by atoms with E-state index in [2.05, 4.69) is 5.32 Å². The van der Waals surface area contributed by atoms with Crippen LogP contribution >= 0.6 is 0 Å². The minimum Gasteiger partial charge on any atom is -0.497 e. The Morgan fingerprint density at radius 2 is 2.19 bits per heavy atom. The van der Waals surface area contributed by atoms with Crippen molar-refractivity contribution in [2.45, 2.75) is 30.5 Å². The topological polar surface area (TPSA) is 78.9 Å². The first-order valence-electron chi connectivity index (χ1n) is 6.90. The molecule has 2 heterocycles. The maximum absolute atomic E-state index is 12.5. The van der Waals surface area contributed by atoms with Crippen LogP contribution in [0.25, 0.3) is 0 Å². The number of nitrogens with zero attached hydrogens (tertiary/aromatic N) is 1. The Bertz CT molecular complexity index is 603. The molecule has 2 aliphatic heterocycles. The predicted molar refractivity (Wildman–Crippen MR) is 74.6 cm³/mol. The van der Waals surface area contributed by atoms with Gasteiger partial charge in [-0.25, -0.2) is 0 Å². The zero-order chi connectivity index (χ0) is 15.2. The molecule has 1 unspecified atom stereocenters. The molecule has 2 aliphatic rings. The summed E-state index contributed by atoms with van der Waals surface area (Å²) in [5, 5.41) is 13.3. The Kier molecular flexibility index (Phi) is 3.13. The second kappa shape index (κ2) is 4.73. The van der Waals surface area contributed by atoms with Gasteiger partial charge >= 0.3 is 0 Å². The zero-order valence-corrected chi connectivity index (χ0v) is 12.0. The minimum absolute atomic E-state index is 0.154. The summed E-state index contributed by atoms with van der Waals surface area (Å²) < 4.78 is 5.21. The van der Waals surface area contributed by atoms with E-state index in [1.165, 1.54) is 4.90 Å². The fourth-order valence-electron chi connectivity index (χ4n) is 3.42. The number of benzene rings is 1. The summed E-state index contributed by atoms with van der Waals surface area (Å²) in [6, 6.07) is 7.26. The fourth-order valence-corrected chi connectivity index (χ4v) is 3.42. The number of nitrogens with one attached hydrogen (secondary N) is 1. The Labute approximate surface area is 122 Å². The SMILES string of the molecule is COc1cccc([C@@H]2C(O)N(C)C(=O)[C@]23CCC(=O)N3)c1. The molecule has 21 heavy (non-hydrogen) atoms. The summed E-state index contributed by atoms with van der Waals surface area (Å²) in [5.74, 6) is -0.245. The maximum atomic E-state index is 12.5. The van der Waals surface area contributed by atoms with E-state index in [1.807, 2.05) is 12.1 Å². The number of carbonyl (C=O) groups is 2. The molecule has 0 saturated carbocycles. The average Bonchev–Trinajstić information content (AvgIpc) is 2.95. The number of hydrogen-bond donors (Lipinski definition) is 2. The molecule has 0 bridgehead atoms. The summed E-state index contributed by atoms with van der Waals surface area (Å²) in [6.45, 7) is 0. The van der Waals surface area contributed by atoms with Crippen molar-refractivity contribution in [3.63, 3.8) is 0 Å². The van der Waals surface area contributed by atoms with Crippen LogP contribution in [0.1, 0.15) is 24.3 Å². The molecule has 0 aliphatic carbocycles. The number of carbonyl (C=O) groups excluding carboxylic acids is 2. The van der Waals surface area contributed by atoms with Crippen molar-refractivity contribution in [3.05, 3.63) is 29.8 Å². The van der Waals surface area contributed by atoms with E-state index in [-0.39, 0.29) is 11.8 Å². The van der Waals surface area contributed by atoms with E-state index in [0.717, 1.165) is 5.56 Å². The zero-order valence-electron chi connectivity index (χ0n) is 12.0. The number of aliphatic hydroxyl groups is 1. The molecule has 2 fully saturated rings. The Balaban J connectivity index is 2.09. The largest absolute Gasteiger partial charge is 0.497 e. The van der Waals surface area contributed by atoms with Crippen LogP contribution in [-0.2, 0) is 9.59 Å². The van der Waals surface area contributed by atoms with Gasteiger partial charge < -0.3 is 20.1 Å². The Morgan fingerprint density at radius 1 is 1.43 bits per heavy atom. The monoisotopic (exact) mass is 290 g/mol. The van der Waals surface area contributed by atoms with Crippen molar-refractivity contribution >= 4 is 11.8 Å². The molecule has 2 N–H and O–H groups in total. The molecular formula is C15H18N2O4. The molecule has 2 amide bonds. The lowest BCUT2D eigenvalue weighted by molar-refractivity contribution is -0.136. The molecule has 0 radical (unpaired) electrons. The van der Waals surface area contributed by atoms with Crippen molar-refractivity contribution in [2.75, 3.05) is 14.2 Å². The van der Waals surface area contributed by atoms with E-state index in [4.69, 9.17) is 4.74 Å². The predicted octanol–water partition coefficient (Wildman–Crippen LogP) is 0.218. The first kappa shape index (κ1) is 13.9. The summed E-state index contributed by atoms with van der Waals surface area (Å²) in [6.07, 6.45) is -0.274. The highest BCUT2D eigenvalue weighted by molar-refractivity contribution is 5.97. The molecule has 3 rings (SSSR count). The van der Waals surface area contributed by atoms with Gasteiger partial charge in [-0.05, 0) is 24.1 Å². The molecule has 112 valence electrons. The second-order valence-electron chi connectivity index (χ2n) is 5.60. The average molecular weight is 290 g/mol. The van der Waals surface area contributed by atoms with Gasteiger partial charge in [0, 0.05) is 13.5 Å². The molecule has 3 atom stereocenters. The normalized spacial score (nSPS) is 31.9. The number of rotatable bonds is 2. The van der Waals surface area contributed by atoms with Gasteiger partial charge in [0.15, 0.2) is 0 Å². The number of ether oxygens (including phenoxy) is 1. The molecule has 1 spiro atoms. The summed E-state index contributed by atoms with van der Waals surface area (Å²) in [5.41, 5.74) is -0.265. The highest BCUT2D eigenvalue weighted by Crippen LogP contribution is 2.45. The molecule has 6 heteroatoms. The van der Waals surface area contributed by atoms with Crippen molar-refractivity contribution < 1.29 is 19.4 Å². The lowest BCUT2D eigenvalue weighted by Crippen LogP contribution is -2.51. The van der Waals surface area contributed by atoms with Crippen molar-refractivity contribution in [2.24, 2.45) is 0 Å². The van der Waals surface area contributed by atoms with Gasteiger partial charge in [-0.2, -0.15) is 0 Å². The van der Waals surface area contributed by atoms with Crippen molar-refractivity contribution in [1.29, 1.82) is 0 Å². The minimum atomic E-state index is -1.04. The van der Waals surface area contributed by atoms with Crippen LogP contribution in [0.4, 0.5) is 0 Å². The molecule has 2 saturated heterocycles. The van der Waals surface area contributed by atoms with Gasteiger partial charge in [-0.1, -0.05) is 12.1 Å². The van der Waals surface area contributed by atoms with Gasteiger partial charge in [-0.3, -0.25) is 9.59 Å². The standard InChI is InChI=1S/C15H18N2O4/c1-17-13(19)12(9-4-3-5-10(8-9)21-2)15(14(17)20)7-6-11(18)16-15/h3-5,8,12-13,19H,6-7H2,1-2H3,(H,16,18)/t12-,13?,15+/m1/s1. The lowest BCUT2D eigenvalue weighted by atomic mass is 9.79. The van der Waals surface area contributed by atoms with Gasteiger partial charge in [0.2, 0.25) is 5.91 Å². The smallest absolute Gasteiger partial charge is 0.250 e. The number of likely N-dealkylation sites (tertiary alicyclic amines) is 1. The van der Waals surface area contributed by atoms with Crippen LogP contribution in [0.3, 0.4) is 0 Å². The Hall–Kier alpha value is -2.08. The van der Waals surface area contributed by atoms with Crippen molar-refractivity contribution in [1.82, 2.24) is 10.2 Å². The van der Waals surface area contributed by atoms with Crippen LogP contribution in [0.2, 0.25) is 0 Å². The third-order valence-corrected chi connectivity index (χ3v) is 4.49. The summed E-state index contributed by atoms with van der Waals surface area (Å²) in [7, 11) is 3.12. The number of amides is 2. The van der Waals surface area contributed by atoms with Crippen LogP contribution < -0.4 is 10.1 Å². The van der Waals surface area contributed by atoms with Crippen molar-refractivity contribution in [3.8, 4) is 5.75 Å². The molecule has 6 nitrogen and oxygen atoms in total. The highest BCUT2D eigenvalue weighted by atomic mass is 16.5. The molecule has 1 aromatic carbocycles. The van der Waals surface area contributed by atoms with E-state index in [0.29, 0.717) is 18.6 Å². The highest BCUT2D eigenvalue weighted by Gasteiger charge is 2.61. The summed E-state index contributed by atoms with van der Waals surface area (Å²) in [4.78, 5) is 25.5. The first-order valence-corrected chi connectivity index (χ1v) is 6.90. The molecule has 0 aromatic heterocycles. The second-order valence-corrected chi connectivity index (χ2v) is 5.60. The summed E-state index contributed by atoms with van der Waals surface area (Å²) >= 11 is 0. The Morgan fingerprint density at radius 3 is 2.81 bits per heavy atom. The fraction of sp³-hybridized carbons (Fsp3) is 0.467. The van der Waals surface area contributed by atoms with Crippen LogP contribution in [0.5, 0.6) is 5.75 Å². The van der Waals surface area contributed by atoms with Gasteiger partial charge in [0.1, 0.15) is 17.5 Å². The number of methoxy groups -OCH3 is 1. The third-order valence-electron chi connectivity index (χ3n) is 4.49. The van der Waals surface area contributed by atoms with Gasteiger partial charge in [0.05, 0.1) is 13.0 Å². The van der Waals surface area contributed by atoms with E-state index in [1.54, 1.807) is 26.3 Å². The molecule has 1 aromatic rings.